The fourth-order valence-corrected chi connectivity index (χ4v) is 4.95. The monoisotopic (exact) mass is 318 g/mol. The minimum absolute atomic E-state index is 0.227. The van der Waals surface area contributed by atoms with Crippen LogP contribution < -0.4 is 5.32 Å². The Balaban J connectivity index is 2.19. The maximum absolute atomic E-state index is 12.7. The van der Waals surface area contributed by atoms with E-state index in [2.05, 4.69) is 22.4 Å². The van der Waals surface area contributed by atoms with Crippen LogP contribution in [-0.4, -0.2) is 53.1 Å². The zero-order chi connectivity index (χ0) is 14.8. The maximum atomic E-state index is 12.7. The van der Waals surface area contributed by atoms with E-state index in [-0.39, 0.29) is 5.03 Å². The Bertz CT molecular complexity index is 541. The van der Waals surface area contributed by atoms with Gasteiger partial charge in [0, 0.05) is 42.2 Å². The second kappa shape index (κ2) is 6.46. The molecule has 1 aliphatic rings. The van der Waals surface area contributed by atoms with Crippen LogP contribution in [0.2, 0.25) is 0 Å². The molecule has 2 heterocycles. The molecule has 2 rings (SSSR count). The lowest BCUT2D eigenvalue weighted by atomic mass is 10.3. The van der Waals surface area contributed by atoms with Crippen molar-refractivity contribution in [2.75, 3.05) is 18.8 Å². The number of nitrogens with zero attached hydrogens (tertiary/aromatic N) is 2. The van der Waals surface area contributed by atoms with E-state index in [1.807, 2.05) is 25.6 Å². The van der Waals surface area contributed by atoms with Crippen LogP contribution in [0.3, 0.4) is 0 Å². The Morgan fingerprint density at radius 3 is 3.00 bits per heavy atom. The lowest BCUT2D eigenvalue weighted by molar-refractivity contribution is 0.421. The molecule has 1 aromatic rings. The van der Waals surface area contributed by atoms with E-state index >= 15 is 0 Å². The lowest BCUT2D eigenvalue weighted by Crippen LogP contribution is -2.41. The number of hydrogen-bond donors (Lipinski definition) is 2. The third kappa shape index (κ3) is 3.55. The molecule has 1 unspecified atom stereocenters. The maximum Gasteiger partial charge on any atom is 0.260 e. The van der Waals surface area contributed by atoms with Gasteiger partial charge in [-0.2, -0.15) is 21.2 Å². The van der Waals surface area contributed by atoms with E-state index in [0.29, 0.717) is 36.5 Å². The number of thioether (sulfide) groups is 1. The molecule has 0 bridgehead atoms. The Kier molecular flexibility index (Phi) is 5.11. The van der Waals surface area contributed by atoms with Crippen LogP contribution in [0.1, 0.15) is 26.3 Å². The molecular formula is C12H22N4O2S2. The minimum Gasteiger partial charge on any atom is -0.310 e. The predicted molar refractivity (Wildman–Crippen MR) is 81.2 cm³/mol. The third-order valence-electron chi connectivity index (χ3n) is 3.18. The largest absolute Gasteiger partial charge is 0.310 e. The number of aromatic amines is 1. The van der Waals surface area contributed by atoms with Crippen molar-refractivity contribution in [1.82, 2.24) is 19.8 Å². The fraction of sp³-hybridized carbons (Fsp3) is 0.750. The molecule has 6 nitrogen and oxygen atoms in total. The molecule has 114 valence electrons. The van der Waals surface area contributed by atoms with Crippen molar-refractivity contribution in [1.29, 1.82) is 0 Å². The highest BCUT2D eigenvalue weighted by molar-refractivity contribution is 8.00. The molecule has 1 atom stereocenters. The lowest BCUT2D eigenvalue weighted by Gasteiger charge is -2.29. The van der Waals surface area contributed by atoms with Crippen LogP contribution in [0.25, 0.3) is 0 Å². The highest BCUT2D eigenvalue weighted by Crippen LogP contribution is 2.24. The standard InChI is InChI=1S/C12H22N4O2S2/c1-9(2)13-6-11-7-14-15-12(11)20(17,18)16-4-5-19-10(3)8-16/h7,9-10,13H,4-6,8H2,1-3H3,(H,14,15). The van der Waals surface area contributed by atoms with Gasteiger partial charge >= 0.3 is 0 Å². The van der Waals surface area contributed by atoms with Crippen molar-refractivity contribution in [3.63, 3.8) is 0 Å². The second-order valence-corrected chi connectivity index (χ2v) is 8.73. The molecule has 0 radical (unpaired) electrons. The van der Waals surface area contributed by atoms with Crippen LogP contribution in [0.5, 0.6) is 0 Å². The minimum atomic E-state index is -3.47. The quantitative estimate of drug-likeness (QED) is 0.848. The molecule has 0 saturated carbocycles. The van der Waals surface area contributed by atoms with Crippen molar-refractivity contribution in [3.05, 3.63) is 11.8 Å². The number of H-pyrrole nitrogens is 1. The summed E-state index contributed by atoms with van der Waals surface area (Å²) in [5.74, 6) is 0.841. The van der Waals surface area contributed by atoms with Gasteiger partial charge in [-0.3, -0.25) is 5.10 Å². The van der Waals surface area contributed by atoms with Crippen molar-refractivity contribution >= 4 is 21.8 Å². The summed E-state index contributed by atoms with van der Waals surface area (Å²) >= 11 is 1.81. The van der Waals surface area contributed by atoms with Crippen molar-refractivity contribution in [2.24, 2.45) is 0 Å². The molecule has 1 aromatic heterocycles. The van der Waals surface area contributed by atoms with E-state index in [1.165, 1.54) is 0 Å². The number of nitrogens with one attached hydrogen (secondary N) is 2. The Hall–Kier alpha value is -0.570. The molecule has 2 N–H and O–H groups in total. The number of hydrogen-bond acceptors (Lipinski definition) is 5. The van der Waals surface area contributed by atoms with Crippen molar-refractivity contribution in [3.8, 4) is 0 Å². The molecule has 1 saturated heterocycles. The summed E-state index contributed by atoms with van der Waals surface area (Å²) in [6.07, 6.45) is 1.59. The van der Waals surface area contributed by atoms with Crippen LogP contribution in [0.4, 0.5) is 0 Å². The molecule has 0 amide bonds. The first-order valence-electron chi connectivity index (χ1n) is 6.78. The predicted octanol–water partition coefficient (Wildman–Crippen LogP) is 1.03. The summed E-state index contributed by atoms with van der Waals surface area (Å²) in [6.45, 7) is 7.73. The molecule has 20 heavy (non-hydrogen) atoms. The van der Waals surface area contributed by atoms with Gasteiger partial charge in [-0.25, -0.2) is 8.42 Å². The van der Waals surface area contributed by atoms with E-state index in [9.17, 15) is 8.42 Å². The zero-order valence-electron chi connectivity index (χ0n) is 12.1. The number of aromatic nitrogens is 2. The van der Waals surface area contributed by atoms with Gasteiger partial charge in [-0.15, -0.1) is 0 Å². The summed E-state index contributed by atoms with van der Waals surface area (Å²) < 4.78 is 26.9. The van der Waals surface area contributed by atoms with Crippen LogP contribution in [0.15, 0.2) is 11.2 Å². The average Bonchev–Trinajstić information content (AvgIpc) is 2.85. The topological polar surface area (TPSA) is 78.1 Å². The van der Waals surface area contributed by atoms with Gasteiger partial charge in [-0.1, -0.05) is 20.8 Å². The number of rotatable bonds is 5. The first kappa shape index (κ1) is 15.8. The van der Waals surface area contributed by atoms with E-state index in [1.54, 1.807) is 10.5 Å². The van der Waals surface area contributed by atoms with Crippen LogP contribution in [-0.2, 0) is 16.6 Å². The Labute approximate surface area is 124 Å². The van der Waals surface area contributed by atoms with Gasteiger partial charge in [-0.05, 0) is 0 Å². The summed E-state index contributed by atoms with van der Waals surface area (Å²) in [4.78, 5) is 0. The van der Waals surface area contributed by atoms with Gasteiger partial charge in [0.2, 0.25) is 0 Å². The van der Waals surface area contributed by atoms with E-state index in [0.717, 1.165) is 5.75 Å². The number of sulfonamides is 1. The molecule has 1 fully saturated rings. The molecular weight excluding hydrogens is 296 g/mol. The van der Waals surface area contributed by atoms with E-state index in [4.69, 9.17) is 0 Å². The van der Waals surface area contributed by atoms with Crippen molar-refractivity contribution in [2.45, 2.75) is 43.6 Å². The van der Waals surface area contributed by atoms with Gasteiger partial charge < -0.3 is 5.32 Å². The highest BCUT2D eigenvalue weighted by atomic mass is 32.2. The first-order chi connectivity index (χ1) is 9.41. The molecule has 1 aliphatic heterocycles. The molecule has 0 aliphatic carbocycles. The highest BCUT2D eigenvalue weighted by Gasteiger charge is 2.31. The smallest absolute Gasteiger partial charge is 0.260 e. The average molecular weight is 318 g/mol. The van der Waals surface area contributed by atoms with E-state index < -0.39 is 10.0 Å². The van der Waals surface area contributed by atoms with Crippen LogP contribution in [0, 0.1) is 0 Å². The molecule has 0 aromatic carbocycles. The van der Waals surface area contributed by atoms with Gasteiger partial charge in [0.25, 0.3) is 10.0 Å². The van der Waals surface area contributed by atoms with Crippen molar-refractivity contribution < 1.29 is 8.42 Å². The van der Waals surface area contributed by atoms with Crippen LogP contribution >= 0.6 is 11.8 Å². The summed E-state index contributed by atoms with van der Waals surface area (Å²) in [5, 5.41) is 10.3. The third-order valence-corrected chi connectivity index (χ3v) is 6.20. The second-order valence-electron chi connectivity index (χ2n) is 5.30. The van der Waals surface area contributed by atoms with Gasteiger partial charge in [0.15, 0.2) is 5.03 Å². The SMILES string of the molecule is CC(C)NCc1cn[nH]c1S(=O)(=O)N1CCSC(C)C1. The summed E-state index contributed by atoms with van der Waals surface area (Å²) in [5.41, 5.74) is 0.699. The molecule has 8 heteroatoms. The summed E-state index contributed by atoms with van der Waals surface area (Å²) in [7, 11) is -3.47. The molecule has 0 spiro atoms. The normalized spacial score (nSPS) is 21.5. The Morgan fingerprint density at radius 2 is 2.35 bits per heavy atom. The van der Waals surface area contributed by atoms with Gasteiger partial charge in [0.1, 0.15) is 0 Å². The zero-order valence-corrected chi connectivity index (χ0v) is 13.7. The first-order valence-corrected chi connectivity index (χ1v) is 9.27. The fourth-order valence-electron chi connectivity index (χ4n) is 2.10. The van der Waals surface area contributed by atoms with Gasteiger partial charge in [0.05, 0.1) is 6.20 Å². The Morgan fingerprint density at radius 1 is 1.60 bits per heavy atom. The summed E-state index contributed by atoms with van der Waals surface area (Å²) in [6, 6.07) is 0.298.